The SMILES string of the molecule is Cn1cc(C2COC3(CCN(CCc4ccccc4)CC3)C2)cn1. The van der Waals surface area contributed by atoms with Crippen LogP contribution in [0.15, 0.2) is 42.7 Å². The molecular weight excluding hydrogens is 298 g/mol. The van der Waals surface area contributed by atoms with Crippen LogP contribution in [0.25, 0.3) is 0 Å². The van der Waals surface area contributed by atoms with Crippen molar-refractivity contribution in [3.05, 3.63) is 53.9 Å². The zero-order valence-corrected chi connectivity index (χ0v) is 14.5. The summed E-state index contributed by atoms with van der Waals surface area (Å²) in [7, 11) is 1.99. The standard InChI is InChI=1S/C20H27N3O/c1-22-15-19(14-21-22)18-13-20(24-16-18)8-11-23(12-9-20)10-7-17-5-3-2-4-6-17/h2-6,14-15,18H,7-13,16H2,1H3. The molecule has 0 saturated carbocycles. The third-order valence-electron chi connectivity index (χ3n) is 5.73. The molecule has 4 nitrogen and oxygen atoms in total. The molecule has 1 spiro atoms. The first-order valence-electron chi connectivity index (χ1n) is 9.11. The first-order valence-corrected chi connectivity index (χ1v) is 9.11. The number of piperidine rings is 1. The molecule has 1 aromatic heterocycles. The lowest BCUT2D eigenvalue weighted by molar-refractivity contribution is -0.0431. The Balaban J connectivity index is 1.28. The average molecular weight is 325 g/mol. The molecule has 0 radical (unpaired) electrons. The Morgan fingerprint density at radius 3 is 2.71 bits per heavy atom. The van der Waals surface area contributed by atoms with E-state index in [1.54, 1.807) is 0 Å². The molecular formula is C20H27N3O. The predicted octanol–water partition coefficient (Wildman–Crippen LogP) is 3.00. The van der Waals surface area contributed by atoms with Crippen molar-refractivity contribution in [1.82, 2.24) is 14.7 Å². The Bertz CT molecular complexity index is 659. The van der Waals surface area contributed by atoms with Crippen molar-refractivity contribution < 1.29 is 4.74 Å². The van der Waals surface area contributed by atoms with Crippen LogP contribution in [0.2, 0.25) is 0 Å². The summed E-state index contributed by atoms with van der Waals surface area (Å²) >= 11 is 0. The average Bonchev–Trinajstić information content (AvgIpc) is 3.22. The first-order chi connectivity index (χ1) is 11.7. The number of hydrogen-bond acceptors (Lipinski definition) is 3. The number of aryl methyl sites for hydroxylation is 1. The third kappa shape index (κ3) is 3.40. The molecule has 0 aliphatic carbocycles. The van der Waals surface area contributed by atoms with Crippen molar-refractivity contribution in [1.29, 1.82) is 0 Å². The molecule has 1 atom stereocenters. The summed E-state index contributed by atoms with van der Waals surface area (Å²) in [6, 6.07) is 10.8. The number of benzene rings is 1. The monoisotopic (exact) mass is 325 g/mol. The van der Waals surface area contributed by atoms with E-state index >= 15 is 0 Å². The van der Waals surface area contributed by atoms with Gasteiger partial charge in [-0.25, -0.2) is 0 Å². The molecule has 2 fully saturated rings. The van der Waals surface area contributed by atoms with Gasteiger partial charge in [0.2, 0.25) is 0 Å². The zero-order chi connectivity index (χ0) is 16.4. The lowest BCUT2D eigenvalue weighted by atomic mass is 9.84. The Morgan fingerprint density at radius 2 is 2.00 bits per heavy atom. The van der Waals surface area contributed by atoms with Gasteiger partial charge in [-0.1, -0.05) is 30.3 Å². The van der Waals surface area contributed by atoms with E-state index in [1.807, 2.05) is 17.9 Å². The lowest BCUT2D eigenvalue weighted by Gasteiger charge is -2.38. The van der Waals surface area contributed by atoms with Crippen LogP contribution in [0.4, 0.5) is 0 Å². The molecule has 2 aliphatic heterocycles. The summed E-state index contributed by atoms with van der Waals surface area (Å²) in [5.41, 5.74) is 2.89. The van der Waals surface area contributed by atoms with Gasteiger partial charge in [0.15, 0.2) is 0 Å². The van der Waals surface area contributed by atoms with Gasteiger partial charge >= 0.3 is 0 Å². The quantitative estimate of drug-likeness (QED) is 0.866. The second-order valence-corrected chi connectivity index (χ2v) is 7.42. The van der Waals surface area contributed by atoms with Crippen LogP contribution < -0.4 is 0 Å². The highest BCUT2D eigenvalue weighted by atomic mass is 16.5. The van der Waals surface area contributed by atoms with Crippen molar-refractivity contribution in [3.63, 3.8) is 0 Å². The van der Waals surface area contributed by atoms with Gasteiger partial charge in [0, 0.05) is 38.8 Å². The van der Waals surface area contributed by atoms with E-state index in [-0.39, 0.29) is 5.60 Å². The maximum atomic E-state index is 6.31. The summed E-state index contributed by atoms with van der Waals surface area (Å²) in [4.78, 5) is 2.60. The molecule has 2 saturated heterocycles. The number of likely N-dealkylation sites (tertiary alicyclic amines) is 1. The molecule has 4 rings (SSSR count). The van der Waals surface area contributed by atoms with Gasteiger partial charge in [-0.2, -0.15) is 5.10 Å². The summed E-state index contributed by atoms with van der Waals surface area (Å²) in [5.74, 6) is 0.523. The largest absolute Gasteiger partial charge is 0.374 e. The maximum absolute atomic E-state index is 6.31. The fourth-order valence-electron chi connectivity index (χ4n) is 4.17. The number of rotatable bonds is 4. The van der Waals surface area contributed by atoms with E-state index in [2.05, 4.69) is 46.5 Å². The summed E-state index contributed by atoms with van der Waals surface area (Å²) in [6.45, 7) is 4.33. The number of ether oxygens (including phenoxy) is 1. The highest BCUT2D eigenvalue weighted by Crippen LogP contribution is 2.42. The van der Waals surface area contributed by atoms with E-state index in [0.717, 1.165) is 39.1 Å². The predicted molar refractivity (Wildman–Crippen MR) is 95.1 cm³/mol. The molecule has 24 heavy (non-hydrogen) atoms. The van der Waals surface area contributed by atoms with Crippen molar-refractivity contribution in [3.8, 4) is 0 Å². The van der Waals surface area contributed by atoms with Crippen LogP contribution in [0, 0.1) is 0 Å². The fraction of sp³-hybridized carbons (Fsp3) is 0.550. The van der Waals surface area contributed by atoms with Crippen molar-refractivity contribution in [2.45, 2.75) is 37.2 Å². The van der Waals surface area contributed by atoms with Gasteiger partial charge in [0.05, 0.1) is 18.4 Å². The highest BCUT2D eigenvalue weighted by Gasteiger charge is 2.43. The molecule has 0 N–H and O–H groups in total. The van der Waals surface area contributed by atoms with E-state index in [1.165, 1.54) is 24.0 Å². The smallest absolute Gasteiger partial charge is 0.0713 e. The minimum absolute atomic E-state index is 0.115. The highest BCUT2D eigenvalue weighted by molar-refractivity contribution is 5.16. The Kier molecular flexibility index (Phi) is 4.42. The van der Waals surface area contributed by atoms with Crippen LogP contribution in [0.3, 0.4) is 0 Å². The Morgan fingerprint density at radius 1 is 1.21 bits per heavy atom. The molecule has 4 heteroatoms. The van der Waals surface area contributed by atoms with Gasteiger partial charge in [0.25, 0.3) is 0 Å². The summed E-state index contributed by atoms with van der Waals surface area (Å²) in [5, 5.41) is 4.31. The van der Waals surface area contributed by atoms with Gasteiger partial charge < -0.3 is 9.64 Å². The molecule has 3 heterocycles. The number of aromatic nitrogens is 2. The van der Waals surface area contributed by atoms with Crippen LogP contribution in [-0.2, 0) is 18.2 Å². The fourth-order valence-corrected chi connectivity index (χ4v) is 4.17. The van der Waals surface area contributed by atoms with Gasteiger partial charge in [0.1, 0.15) is 0 Å². The van der Waals surface area contributed by atoms with Crippen LogP contribution in [-0.4, -0.2) is 46.5 Å². The van der Waals surface area contributed by atoms with Crippen LogP contribution in [0.5, 0.6) is 0 Å². The molecule has 2 aromatic rings. The minimum Gasteiger partial charge on any atom is -0.374 e. The second-order valence-electron chi connectivity index (χ2n) is 7.42. The van der Waals surface area contributed by atoms with Crippen molar-refractivity contribution >= 4 is 0 Å². The Hall–Kier alpha value is -1.65. The summed E-state index contributed by atoms with van der Waals surface area (Å²) < 4.78 is 8.20. The second kappa shape index (κ2) is 6.69. The molecule has 2 aliphatic rings. The number of hydrogen-bond donors (Lipinski definition) is 0. The molecule has 0 amide bonds. The maximum Gasteiger partial charge on any atom is 0.0713 e. The summed E-state index contributed by atoms with van der Waals surface area (Å²) in [6.07, 6.45) is 8.78. The van der Waals surface area contributed by atoms with Crippen LogP contribution >= 0.6 is 0 Å². The topological polar surface area (TPSA) is 30.3 Å². The molecule has 1 unspecified atom stereocenters. The van der Waals surface area contributed by atoms with Gasteiger partial charge in [-0.15, -0.1) is 0 Å². The van der Waals surface area contributed by atoms with Crippen molar-refractivity contribution in [2.24, 2.45) is 7.05 Å². The van der Waals surface area contributed by atoms with E-state index in [4.69, 9.17) is 4.74 Å². The van der Waals surface area contributed by atoms with Gasteiger partial charge in [-0.3, -0.25) is 4.68 Å². The van der Waals surface area contributed by atoms with Crippen LogP contribution in [0.1, 0.15) is 36.3 Å². The number of nitrogens with zero attached hydrogens (tertiary/aromatic N) is 3. The lowest BCUT2D eigenvalue weighted by Crippen LogP contribution is -2.44. The first kappa shape index (κ1) is 15.9. The van der Waals surface area contributed by atoms with Crippen molar-refractivity contribution in [2.75, 3.05) is 26.2 Å². The third-order valence-corrected chi connectivity index (χ3v) is 5.73. The van der Waals surface area contributed by atoms with Gasteiger partial charge in [-0.05, 0) is 36.8 Å². The molecule has 1 aromatic carbocycles. The Labute approximate surface area is 144 Å². The van der Waals surface area contributed by atoms with E-state index < -0.39 is 0 Å². The zero-order valence-electron chi connectivity index (χ0n) is 14.5. The minimum atomic E-state index is 0.115. The molecule has 128 valence electrons. The van der Waals surface area contributed by atoms with E-state index in [9.17, 15) is 0 Å². The normalized spacial score (nSPS) is 23.8. The molecule has 0 bridgehead atoms. The van der Waals surface area contributed by atoms with E-state index in [0.29, 0.717) is 5.92 Å².